The summed E-state index contributed by atoms with van der Waals surface area (Å²) in [5, 5.41) is 6.98. The van der Waals surface area contributed by atoms with Gasteiger partial charge in [-0.2, -0.15) is 5.10 Å². The third-order valence-corrected chi connectivity index (χ3v) is 3.66. The Morgan fingerprint density at radius 3 is 2.46 bits per heavy atom. The van der Waals surface area contributed by atoms with Gasteiger partial charge in [0.15, 0.2) is 6.61 Å². The van der Waals surface area contributed by atoms with Gasteiger partial charge in [0, 0.05) is 6.07 Å². The molecular weight excluding hydrogens is 337 g/mol. The summed E-state index contributed by atoms with van der Waals surface area (Å²) in [6.45, 7) is 0.324. The van der Waals surface area contributed by atoms with Gasteiger partial charge in [0.25, 0.3) is 5.91 Å². The summed E-state index contributed by atoms with van der Waals surface area (Å²) in [6.07, 6.45) is 1.61. The van der Waals surface area contributed by atoms with E-state index in [1.54, 1.807) is 24.1 Å². The number of aromatic nitrogens is 2. The zero-order valence-electron chi connectivity index (χ0n) is 14.2. The molecule has 1 aromatic heterocycles. The number of rotatable bonds is 7. The molecule has 1 amide bonds. The highest BCUT2D eigenvalue weighted by molar-refractivity contribution is 5.91. The Kier molecular flexibility index (Phi) is 5.48. The van der Waals surface area contributed by atoms with E-state index < -0.39 is 0 Å². The molecule has 134 valence electrons. The van der Waals surface area contributed by atoms with Gasteiger partial charge in [0.1, 0.15) is 23.1 Å². The number of nitrogens with one attached hydrogen (secondary N) is 1. The molecule has 2 aromatic carbocycles. The van der Waals surface area contributed by atoms with Crippen molar-refractivity contribution in [3.63, 3.8) is 0 Å². The largest absolute Gasteiger partial charge is 0.497 e. The van der Waals surface area contributed by atoms with E-state index in [-0.39, 0.29) is 18.3 Å². The highest BCUT2D eigenvalue weighted by Gasteiger charge is 2.09. The summed E-state index contributed by atoms with van der Waals surface area (Å²) < 4.78 is 25.0. The third-order valence-electron chi connectivity index (χ3n) is 3.66. The van der Waals surface area contributed by atoms with Crippen molar-refractivity contribution >= 4 is 11.7 Å². The molecule has 0 aliphatic carbocycles. The summed E-state index contributed by atoms with van der Waals surface area (Å²) in [6, 6.07) is 14.8. The fourth-order valence-corrected chi connectivity index (χ4v) is 2.33. The SMILES string of the molecule is COc1ccc(Cn2nccc2NC(=O)COc2ccc(F)cc2)cc1. The maximum atomic E-state index is 12.9. The maximum absolute atomic E-state index is 12.9. The number of hydrogen-bond acceptors (Lipinski definition) is 4. The van der Waals surface area contributed by atoms with E-state index in [1.807, 2.05) is 24.3 Å². The van der Waals surface area contributed by atoms with Crippen LogP contribution in [0.3, 0.4) is 0 Å². The molecule has 1 N–H and O–H groups in total. The van der Waals surface area contributed by atoms with Crippen LogP contribution in [0.4, 0.5) is 10.2 Å². The van der Waals surface area contributed by atoms with Crippen molar-refractivity contribution < 1.29 is 18.7 Å². The van der Waals surface area contributed by atoms with E-state index in [1.165, 1.54) is 24.3 Å². The third kappa shape index (κ3) is 4.60. The van der Waals surface area contributed by atoms with E-state index in [2.05, 4.69) is 10.4 Å². The number of amides is 1. The van der Waals surface area contributed by atoms with Crippen LogP contribution in [0, 0.1) is 5.82 Å². The minimum Gasteiger partial charge on any atom is -0.497 e. The topological polar surface area (TPSA) is 65.4 Å². The summed E-state index contributed by atoms with van der Waals surface area (Å²) in [7, 11) is 1.62. The Labute approximate surface area is 150 Å². The Morgan fingerprint density at radius 2 is 1.77 bits per heavy atom. The first-order valence-electron chi connectivity index (χ1n) is 7.97. The number of nitrogens with zero attached hydrogens (tertiary/aromatic N) is 2. The van der Waals surface area contributed by atoms with Crippen LogP contribution in [0.2, 0.25) is 0 Å². The molecule has 7 heteroatoms. The number of halogens is 1. The average Bonchev–Trinajstić information content (AvgIpc) is 3.08. The van der Waals surface area contributed by atoms with Crippen LogP contribution in [-0.2, 0) is 11.3 Å². The Balaban J connectivity index is 1.57. The Bertz CT molecular complexity index is 860. The highest BCUT2D eigenvalue weighted by Crippen LogP contribution is 2.15. The fourth-order valence-electron chi connectivity index (χ4n) is 2.33. The van der Waals surface area contributed by atoms with Crippen LogP contribution in [0.25, 0.3) is 0 Å². The summed E-state index contributed by atoms with van der Waals surface area (Å²) in [5.74, 6) is 1.08. The van der Waals surface area contributed by atoms with Crippen LogP contribution in [0.1, 0.15) is 5.56 Å². The zero-order valence-corrected chi connectivity index (χ0v) is 14.2. The van der Waals surface area contributed by atoms with Crippen LogP contribution >= 0.6 is 0 Å². The zero-order chi connectivity index (χ0) is 18.4. The molecule has 0 spiro atoms. The van der Waals surface area contributed by atoms with E-state index in [0.717, 1.165) is 11.3 Å². The summed E-state index contributed by atoms with van der Waals surface area (Å²) in [5.41, 5.74) is 1.02. The molecule has 0 saturated heterocycles. The minimum absolute atomic E-state index is 0.181. The van der Waals surface area contributed by atoms with E-state index in [4.69, 9.17) is 9.47 Å². The van der Waals surface area contributed by atoms with Crippen molar-refractivity contribution in [3.8, 4) is 11.5 Å². The predicted molar refractivity (Wildman–Crippen MR) is 94.8 cm³/mol. The van der Waals surface area contributed by atoms with Crippen LogP contribution in [-0.4, -0.2) is 29.4 Å². The van der Waals surface area contributed by atoms with Crippen molar-refractivity contribution in [2.45, 2.75) is 6.54 Å². The number of anilines is 1. The van der Waals surface area contributed by atoms with Crippen LogP contribution in [0.15, 0.2) is 60.8 Å². The molecule has 0 unspecified atom stereocenters. The molecule has 1 heterocycles. The predicted octanol–water partition coefficient (Wildman–Crippen LogP) is 3.10. The van der Waals surface area contributed by atoms with Crippen molar-refractivity contribution in [1.29, 1.82) is 0 Å². The van der Waals surface area contributed by atoms with Crippen LogP contribution < -0.4 is 14.8 Å². The summed E-state index contributed by atoms with van der Waals surface area (Å²) in [4.78, 5) is 12.1. The molecule has 0 aliphatic heterocycles. The van der Waals surface area contributed by atoms with Crippen LogP contribution in [0.5, 0.6) is 11.5 Å². The smallest absolute Gasteiger partial charge is 0.263 e. The number of methoxy groups -OCH3 is 1. The van der Waals surface area contributed by atoms with Crippen molar-refractivity contribution in [2.24, 2.45) is 0 Å². The van der Waals surface area contributed by atoms with Gasteiger partial charge in [0.2, 0.25) is 0 Å². The second-order valence-corrected chi connectivity index (χ2v) is 5.51. The second kappa shape index (κ2) is 8.15. The lowest BCUT2D eigenvalue weighted by atomic mass is 10.2. The molecule has 0 radical (unpaired) electrons. The van der Waals surface area contributed by atoms with Gasteiger partial charge in [0.05, 0.1) is 19.9 Å². The standard InChI is InChI=1S/C19H18FN3O3/c1-25-16-6-2-14(3-7-16)12-23-18(10-11-21-23)22-19(24)13-26-17-8-4-15(20)5-9-17/h2-11H,12-13H2,1H3,(H,22,24). The molecule has 0 atom stereocenters. The van der Waals surface area contributed by atoms with Crippen molar-refractivity contribution in [2.75, 3.05) is 19.0 Å². The van der Waals surface area contributed by atoms with E-state index in [0.29, 0.717) is 18.1 Å². The molecule has 0 saturated carbocycles. The van der Waals surface area contributed by atoms with E-state index in [9.17, 15) is 9.18 Å². The van der Waals surface area contributed by atoms with Crippen molar-refractivity contribution in [3.05, 3.63) is 72.2 Å². The number of ether oxygens (including phenoxy) is 2. The first kappa shape index (κ1) is 17.5. The normalized spacial score (nSPS) is 10.4. The van der Waals surface area contributed by atoms with Gasteiger partial charge >= 0.3 is 0 Å². The molecule has 3 rings (SSSR count). The van der Waals surface area contributed by atoms with Gasteiger partial charge < -0.3 is 14.8 Å². The first-order valence-corrected chi connectivity index (χ1v) is 7.97. The lowest BCUT2D eigenvalue weighted by molar-refractivity contribution is -0.118. The minimum atomic E-state index is -0.357. The lowest BCUT2D eigenvalue weighted by Gasteiger charge is -2.10. The molecule has 0 aliphatic rings. The van der Waals surface area contributed by atoms with Gasteiger partial charge in [-0.1, -0.05) is 12.1 Å². The molecule has 0 fully saturated rings. The fraction of sp³-hybridized carbons (Fsp3) is 0.158. The molecule has 0 bridgehead atoms. The van der Waals surface area contributed by atoms with Gasteiger partial charge in [-0.3, -0.25) is 4.79 Å². The highest BCUT2D eigenvalue weighted by atomic mass is 19.1. The average molecular weight is 355 g/mol. The molecule has 6 nitrogen and oxygen atoms in total. The quantitative estimate of drug-likeness (QED) is 0.707. The first-order chi connectivity index (χ1) is 12.6. The lowest BCUT2D eigenvalue weighted by Crippen LogP contribution is -2.22. The monoisotopic (exact) mass is 355 g/mol. The number of hydrogen-bond donors (Lipinski definition) is 1. The number of benzene rings is 2. The van der Waals surface area contributed by atoms with Gasteiger partial charge in [-0.05, 0) is 42.0 Å². The molecule has 3 aromatic rings. The Hall–Kier alpha value is -3.35. The van der Waals surface area contributed by atoms with Crippen molar-refractivity contribution in [1.82, 2.24) is 9.78 Å². The maximum Gasteiger partial charge on any atom is 0.263 e. The second-order valence-electron chi connectivity index (χ2n) is 5.51. The Morgan fingerprint density at radius 1 is 1.08 bits per heavy atom. The summed E-state index contributed by atoms with van der Waals surface area (Å²) >= 11 is 0. The van der Waals surface area contributed by atoms with Gasteiger partial charge in [-0.15, -0.1) is 0 Å². The number of carbonyl (C=O) groups is 1. The van der Waals surface area contributed by atoms with E-state index >= 15 is 0 Å². The molecule has 26 heavy (non-hydrogen) atoms. The van der Waals surface area contributed by atoms with Gasteiger partial charge in [-0.25, -0.2) is 9.07 Å². The molecular formula is C19H18FN3O3. The number of carbonyl (C=O) groups excluding carboxylic acids is 1.